The summed E-state index contributed by atoms with van der Waals surface area (Å²) >= 11 is 0. The van der Waals surface area contributed by atoms with Gasteiger partial charge in [0.25, 0.3) is 0 Å². The van der Waals surface area contributed by atoms with Gasteiger partial charge in [0.1, 0.15) is 11.5 Å². The number of phenols is 1. The van der Waals surface area contributed by atoms with Gasteiger partial charge in [-0.25, -0.2) is 0 Å². The van der Waals surface area contributed by atoms with E-state index in [1.54, 1.807) is 0 Å². The van der Waals surface area contributed by atoms with Crippen molar-refractivity contribution in [3.8, 4) is 11.5 Å². The molecule has 0 amide bonds. The minimum atomic E-state index is -0.489. The lowest BCUT2D eigenvalue weighted by atomic mass is 9.93. The fourth-order valence-corrected chi connectivity index (χ4v) is 2.01. The van der Waals surface area contributed by atoms with E-state index < -0.39 is 5.97 Å². The number of carbonyl (C=O) groups is 2. The molecule has 0 heterocycles. The number of rotatable bonds is 4. The molecule has 19 heavy (non-hydrogen) atoms. The average Bonchev–Trinajstić information content (AvgIpc) is 2.28. The van der Waals surface area contributed by atoms with Crippen molar-refractivity contribution >= 4 is 11.8 Å². The molecule has 1 aromatic rings. The van der Waals surface area contributed by atoms with Crippen LogP contribution in [-0.4, -0.2) is 16.9 Å². The smallest absolute Gasteiger partial charge is 0.308 e. The van der Waals surface area contributed by atoms with E-state index in [9.17, 15) is 14.7 Å². The minimum Gasteiger partial charge on any atom is -0.507 e. The zero-order valence-electron chi connectivity index (χ0n) is 11.6. The second-order valence-corrected chi connectivity index (χ2v) is 4.68. The monoisotopic (exact) mass is 265 g/mol. The molecule has 0 unspecified atom stereocenters. The molecule has 0 saturated heterocycles. The van der Waals surface area contributed by atoms with Gasteiger partial charge >= 0.3 is 5.97 Å². The predicted molar refractivity (Wildman–Crippen MR) is 71.4 cm³/mol. The van der Waals surface area contributed by atoms with Crippen LogP contribution in [0.25, 0.3) is 0 Å². The zero-order valence-corrected chi connectivity index (χ0v) is 11.6. The Labute approximate surface area is 112 Å². The van der Waals surface area contributed by atoms with Gasteiger partial charge < -0.3 is 15.6 Å². The first-order valence-electron chi connectivity index (χ1n) is 6.07. The van der Waals surface area contributed by atoms with Crippen LogP contribution in [0.2, 0.25) is 0 Å². The van der Waals surface area contributed by atoms with E-state index in [1.165, 1.54) is 19.9 Å². The van der Waals surface area contributed by atoms with E-state index in [4.69, 9.17) is 10.5 Å². The number of carbonyl (C=O) groups excluding carboxylic acids is 2. The van der Waals surface area contributed by atoms with Crippen LogP contribution in [0.15, 0.2) is 6.07 Å². The molecule has 5 nitrogen and oxygen atoms in total. The van der Waals surface area contributed by atoms with Crippen molar-refractivity contribution in [2.45, 2.75) is 40.2 Å². The predicted octanol–water partition coefficient (Wildman–Crippen LogP) is 2.10. The first-order valence-corrected chi connectivity index (χ1v) is 6.07. The number of benzene rings is 1. The summed E-state index contributed by atoms with van der Waals surface area (Å²) < 4.78 is 5.19. The number of aromatic hydroxyl groups is 1. The number of esters is 1. The fraction of sp³-hybridized carbons (Fsp3) is 0.429. The number of hydrogen-bond acceptors (Lipinski definition) is 5. The molecule has 3 N–H and O–H groups in total. The number of ether oxygens (including phenoxy) is 1. The van der Waals surface area contributed by atoms with Crippen LogP contribution < -0.4 is 10.5 Å². The Kier molecular flexibility index (Phi) is 4.67. The first kappa shape index (κ1) is 15.2. The van der Waals surface area contributed by atoms with Crippen LogP contribution in [0.1, 0.15) is 55.1 Å². The van der Waals surface area contributed by atoms with Crippen LogP contribution >= 0.6 is 0 Å². The maximum Gasteiger partial charge on any atom is 0.308 e. The molecule has 104 valence electrons. The van der Waals surface area contributed by atoms with Crippen molar-refractivity contribution in [3.05, 3.63) is 22.8 Å². The Morgan fingerprint density at radius 1 is 1.37 bits per heavy atom. The molecular weight excluding hydrogens is 246 g/mol. The lowest BCUT2D eigenvalue weighted by molar-refractivity contribution is -0.132. The highest BCUT2D eigenvalue weighted by molar-refractivity contribution is 5.99. The molecule has 0 spiro atoms. The summed E-state index contributed by atoms with van der Waals surface area (Å²) in [4.78, 5) is 22.8. The molecule has 5 heteroatoms. The van der Waals surface area contributed by atoms with E-state index in [2.05, 4.69) is 0 Å². The number of nitrogens with two attached hydrogens (primary N) is 1. The highest BCUT2D eigenvalue weighted by Crippen LogP contribution is 2.38. The third kappa shape index (κ3) is 3.12. The van der Waals surface area contributed by atoms with Gasteiger partial charge in [0, 0.05) is 24.6 Å². The quantitative estimate of drug-likeness (QED) is 0.494. The summed E-state index contributed by atoms with van der Waals surface area (Å²) in [6.07, 6.45) is 0. The molecule has 0 aromatic heterocycles. The van der Waals surface area contributed by atoms with Crippen LogP contribution in [0.3, 0.4) is 0 Å². The van der Waals surface area contributed by atoms with Crippen LogP contribution in [0, 0.1) is 0 Å². The molecule has 0 atom stereocenters. The van der Waals surface area contributed by atoms with Crippen LogP contribution in [-0.2, 0) is 11.3 Å². The van der Waals surface area contributed by atoms with Gasteiger partial charge in [-0.3, -0.25) is 9.59 Å². The first-order chi connectivity index (χ1) is 8.79. The van der Waals surface area contributed by atoms with Crippen molar-refractivity contribution < 1.29 is 19.4 Å². The summed E-state index contributed by atoms with van der Waals surface area (Å²) in [5.74, 6) is -0.634. The van der Waals surface area contributed by atoms with Gasteiger partial charge in [-0.05, 0) is 18.9 Å². The van der Waals surface area contributed by atoms with Gasteiger partial charge in [0.2, 0.25) is 0 Å². The number of hydrogen-bond donors (Lipinski definition) is 2. The Bertz CT molecular complexity index is 521. The number of Topliss-reactive ketones (excluding diaryl/α,β-unsaturated/α-hetero) is 1. The fourth-order valence-electron chi connectivity index (χ4n) is 2.01. The Balaban J connectivity index is 3.65. The Hall–Kier alpha value is -1.88. The van der Waals surface area contributed by atoms with Gasteiger partial charge in [-0.2, -0.15) is 0 Å². The summed E-state index contributed by atoms with van der Waals surface area (Å²) in [6, 6.07) is 1.46. The highest BCUT2D eigenvalue weighted by Gasteiger charge is 2.23. The lowest BCUT2D eigenvalue weighted by Gasteiger charge is -2.19. The maximum atomic E-state index is 11.6. The van der Waals surface area contributed by atoms with Gasteiger partial charge in [0.15, 0.2) is 5.78 Å². The number of phenolic OH excluding ortho intramolecular Hbond substituents is 1. The molecular formula is C14H19NO4. The standard InChI is InChI=1S/C14H19NO4/c1-7(2)10-5-12(18)13(8(3)16)11(6-15)14(10)19-9(4)17/h5,7,18H,6,15H2,1-4H3. The third-order valence-corrected chi connectivity index (χ3v) is 2.81. The summed E-state index contributed by atoms with van der Waals surface area (Å²) in [6.45, 7) is 6.42. The Morgan fingerprint density at radius 3 is 2.32 bits per heavy atom. The molecule has 0 fully saturated rings. The molecule has 0 bridgehead atoms. The van der Waals surface area contributed by atoms with Gasteiger partial charge in [-0.15, -0.1) is 0 Å². The third-order valence-electron chi connectivity index (χ3n) is 2.81. The summed E-state index contributed by atoms with van der Waals surface area (Å²) in [5.41, 5.74) is 6.78. The van der Waals surface area contributed by atoms with Gasteiger partial charge in [-0.1, -0.05) is 13.8 Å². The van der Waals surface area contributed by atoms with Crippen molar-refractivity contribution in [3.63, 3.8) is 0 Å². The van der Waals surface area contributed by atoms with Crippen LogP contribution in [0.5, 0.6) is 11.5 Å². The zero-order chi connectivity index (χ0) is 14.7. The van der Waals surface area contributed by atoms with Crippen molar-refractivity contribution in [2.24, 2.45) is 5.73 Å². The minimum absolute atomic E-state index is 0.00560. The average molecular weight is 265 g/mol. The van der Waals surface area contributed by atoms with Crippen molar-refractivity contribution in [1.29, 1.82) is 0 Å². The molecule has 0 aliphatic carbocycles. The maximum absolute atomic E-state index is 11.6. The van der Waals surface area contributed by atoms with E-state index in [1.807, 2.05) is 13.8 Å². The second kappa shape index (κ2) is 5.84. The Morgan fingerprint density at radius 2 is 1.95 bits per heavy atom. The molecule has 1 rings (SSSR count). The largest absolute Gasteiger partial charge is 0.507 e. The normalized spacial score (nSPS) is 10.6. The topological polar surface area (TPSA) is 89.6 Å². The molecule has 0 aliphatic heterocycles. The molecule has 0 radical (unpaired) electrons. The SMILES string of the molecule is CC(=O)Oc1c(C(C)C)cc(O)c(C(C)=O)c1CN. The van der Waals surface area contributed by atoms with E-state index >= 15 is 0 Å². The van der Waals surface area contributed by atoms with E-state index in [0.29, 0.717) is 11.1 Å². The van der Waals surface area contributed by atoms with Gasteiger partial charge in [0.05, 0.1) is 5.56 Å². The molecule has 1 aromatic carbocycles. The van der Waals surface area contributed by atoms with E-state index in [0.717, 1.165) is 0 Å². The highest BCUT2D eigenvalue weighted by atomic mass is 16.5. The van der Waals surface area contributed by atoms with Crippen LogP contribution in [0.4, 0.5) is 0 Å². The molecule has 0 aliphatic rings. The summed E-state index contributed by atoms with van der Waals surface area (Å²) in [7, 11) is 0. The summed E-state index contributed by atoms with van der Waals surface area (Å²) in [5, 5.41) is 9.96. The van der Waals surface area contributed by atoms with Crippen molar-refractivity contribution in [1.82, 2.24) is 0 Å². The van der Waals surface area contributed by atoms with Crippen molar-refractivity contribution in [2.75, 3.05) is 0 Å². The molecule has 0 saturated carbocycles. The number of ketones is 1. The second-order valence-electron chi connectivity index (χ2n) is 4.68. The van der Waals surface area contributed by atoms with E-state index in [-0.39, 0.29) is 35.3 Å². The lowest BCUT2D eigenvalue weighted by Crippen LogP contribution is -2.14.